The van der Waals surface area contributed by atoms with Gasteiger partial charge in [-0.25, -0.2) is 0 Å². The molecule has 0 spiro atoms. The van der Waals surface area contributed by atoms with E-state index in [0.717, 1.165) is 0 Å². The Hall–Kier alpha value is -0.170. The van der Waals surface area contributed by atoms with Crippen LogP contribution in [0.3, 0.4) is 0 Å². The summed E-state index contributed by atoms with van der Waals surface area (Å²) in [5.74, 6) is -0.444. The molecule has 0 aliphatic heterocycles. The van der Waals surface area contributed by atoms with E-state index in [4.69, 9.17) is 0 Å². The van der Waals surface area contributed by atoms with Crippen LogP contribution in [0.1, 0.15) is 12.8 Å². The van der Waals surface area contributed by atoms with Crippen LogP contribution in [-0.4, -0.2) is 22.3 Å². The monoisotopic (exact) mass is 303 g/mol. The third kappa shape index (κ3) is 6.53. The Balaban J connectivity index is 3.52. The van der Waals surface area contributed by atoms with Crippen molar-refractivity contribution in [2.75, 3.05) is 6.54 Å². The maximum atomic E-state index is 10.6. The number of hydrogen-bond acceptors (Lipinski definition) is 4. The predicted octanol–water partition coefficient (Wildman–Crippen LogP) is 1.66. The highest BCUT2D eigenvalue weighted by Gasteiger charge is 2.13. The van der Waals surface area contributed by atoms with Crippen LogP contribution in [0.4, 0.5) is 0 Å². The van der Waals surface area contributed by atoms with Crippen LogP contribution in [0.2, 0.25) is 0 Å². The van der Waals surface area contributed by atoms with Crippen molar-refractivity contribution in [3.05, 3.63) is 10.1 Å². The molecular formula is C5H7Br2NO4. The molecule has 0 fully saturated rings. The molecule has 0 aliphatic carbocycles. The summed E-state index contributed by atoms with van der Waals surface area (Å²) in [5.41, 5.74) is 0. The van der Waals surface area contributed by atoms with E-state index >= 15 is 0 Å². The molecule has 0 saturated heterocycles. The van der Waals surface area contributed by atoms with Crippen molar-refractivity contribution in [1.82, 2.24) is 0 Å². The molecule has 0 N–H and O–H groups in total. The average molecular weight is 305 g/mol. The van der Waals surface area contributed by atoms with Gasteiger partial charge in [0.1, 0.15) is 0 Å². The minimum atomic E-state index is -0.444. The van der Waals surface area contributed by atoms with E-state index in [1.807, 2.05) is 0 Å². The van der Waals surface area contributed by atoms with E-state index < -0.39 is 10.9 Å². The van der Waals surface area contributed by atoms with Crippen LogP contribution in [0.25, 0.3) is 0 Å². The van der Waals surface area contributed by atoms with Gasteiger partial charge in [-0.2, -0.15) is 0 Å². The van der Waals surface area contributed by atoms with Gasteiger partial charge >= 0.3 is 5.97 Å². The highest BCUT2D eigenvalue weighted by molar-refractivity contribution is 9.09. The lowest BCUT2D eigenvalue weighted by atomic mass is 10.2. The summed E-state index contributed by atoms with van der Waals surface area (Å²) in [5, 5.41) is 9.92. The number of nitrogens with zero attached hydrogens (tertiary/aromatic N) is 1. The summed E-state index contributed by atoms with van der Waals surface area (Å²) >= 11 is 5.64. The van der Waals surface area contributed by atoms with E-state index in [2.05, 4.69) is 36.0 Å². The molecule has 0 rings (SSSR count). The molecule has 1 atom stereocenters. The van der Waals surface area contributed by atoms with Gasteiger partial charge in [-0.3, -0.25) is 14.9 Å². The van der Waals surface area contributed by atoms with Gasteiger partial charge in [0.15, 0.2) is 16.3 Å². The first kappa shape index (κ1) is 11.8. The van der Waals surface area contributed by atoms with Crippen LogP contribution in [0, 0.1) is 10.1 Å². The summed E-state index contributed by atoms with van der Waals surface area (Å²) in [4.78, 5) is 19.9. The standard InChI is InChI=1S/C5H7Br2NO4/c6-4(1-2-8(10)11)3-5(9)12-7/h4H,1-3H2. The number of alkyl halides is 1. The van der Waals surface area contributed by atoms with Crippen molar-refractivity contribution in [3.8, 4) is 0 Å². The van der Waals surface area contributed by atoms with Gasteiger partial charge in [0.05, 0.1) is 6.42 Å². The Morgan fingerprint density at radius 3 is 2.67 bits per heavy atom. The molecule has 0 bridgehead atoms. The summed E-state index contributed by atoms with van der Waals surface area (Å²) in [6.45, 7) is -0.147. The van der Waals surface area contributed by atoms with Crippen molar-refractivity contribution < 1.29 is 13.5 Å². The third-order valence-electron chi connectivity index (χ3n) is 1.10. The molecule has 0 amide bonds. The van der Waals surface area contributed by atoms with Gasteiger partial charge in [-0.1, -0.05) is 15.9 Å². The first-order chi connectivity index (χ1) is 5.56. The number of halogens is 2. The number of carbonyl (C=O) groups excluding carboxylic acids is 1. The second-order valence-electron chi connectivity index (χ2n) is 2.10. The molecule has 0 radical (unpaired) electrons. The molecule has 0 aromatic rings. The van der Waals surface area contributed by atoms with Gasteiger partial charge in [0, 0.05) is 16.2 Å². The van der Waals surface area contributed by atoms with Crippen LogP contribution in [0.5, 0.6) is 0 Å². The van der Waals surface area contributed by atoms with Crippen molar-refractivity contribution in [1.29, 1.82) is 0 Å². The number of hydrogen-bond donors (Lipinski definition) is 0. The van der Waals surface area contributed by atoms with E-state index in [1.54, 1.807) is 0 Å². The fraction of sp³-hybridized carbons (Fsp3) is 0.800. The molecule has 0 aromatic carbocycles. The lowest BCUT2D eigenvalue weighted by Crippen LogP contribution is -2.12. The summed E-state index contributed by atoms with van der Waals surface area (Å²) in [7, 11) is 0. The second kappa shape index (κ2) is 6.36. The topological polar surface area (TPSA) is 69.4 Å². The maximum Gasteiger partial charge on any atom is 0.318 e. The highest BCUT2D eigenvalue weighted by Crippen LogP contribution is 2.11. The van der Waals surface area contributed by atoms with Gasteiger partial charge in [0.25, 0.3) is 0 Å². The fourth-order valence-electron chi connectivity index (χ4n) is 0.560. The lowest BCUT2D eigenvalue weighted by molar-refractivity contribution is -0.480. The Morgan fingerprint density at radius 2 is 2.25 bits per heavy atom. The van der Waals surface area contributed by atoms with Gasteiger partial charge in [-0.05, 0) is 0 Å². The van der Waals surface area contributed by atoms with Crippen molar-refractivity contribution in [3.63, 3.8) is 0 Å². The predicted molar refractivity (Wildman–Crippen MR) is 48.8 cm³/mol. The zero-order valence-electron chi connectivity index (χ0n) is 6.03. The minimum absolute atomic E-state index is 0.124. The zero-order valence-corrected chi connectivity index (χ0v) is 9.21. The first-order valence-corrected chi connectivity index (χ1v) is 4.70. The molecular weight excluding hydrogens is 298 g/mol. The Bertz CT molecular complexity index is 175. The van der Waals surface area contributed by atoms with Gasteiger partial charge < -0.3 is 3.83 Å². The molecule has 0 heterocycles. The summed E-state index contributed by atoms with van der Waals surface area (Å²) in [6, 6.07) is 0. The highest BCUT2D eigenvalue weighted by atomic mass is 79.9. The quantitative estimate of drug-likeness (QED) is 0.440. The SMILES string of the molecule is O=C(CC(Br)CC[N+](=O)[O-])OBr. The third-order valence-corrected chi connectivity index (χ3v) is 2.24. The van der Waals surface area contributed by atoms with Crippen LogP contribution in [-0.2, 0) is 8.62 Å². The molecule has 0 saturated carbocycles. The maximum absolute atomic E-state index is 10.6. The molecule has 7 heteroatoms. The average Bonchev–Trinajstić information content (AvgIpc) is 2.00. The lowest BCUT2D eigenvalue weighted by Gasteiger charge is -2.02. The summed E-state index contributed by atoms with van der Waals surface area (Å²) in [6.07, 6.45) is 0.439. The molecule has 0 aromatic heterocycles. The van der Waals surface area contributed by atoms with E-state index in [9.17, 15) is 14.9 Å². The minimum Gasteiger partial charge on any atom is -0.383 e. The second-order valence-corrected chi connectivity index (χ2v) is 3.71. The van der Waals surface area contributed by atoms with Gasteiger partial charge in [-0.15, -0.1) is 0 Å². The molecule has 12 heavy (non-hydrogen) atoms. The molecule has 5 nitrogen and oxygen atoms in total. The van der Waals surface area contributed by atoms with Gasteiger partial charge in [0.2, 0.25) is 6.54 Å². The summed E-state index contributed by atoms with van der Waals surface area (Å²) < 4.78 is 4.20. The van der Waals surface area contributed by atoms with Crippen molar-refractivity contribution in [2.45, 2.75) is 17.7 Å². The number of nitro groups is 1. The smallest absolute Gasteiger partial charge is 0.318 e. The first-order valence-electron chi connectivity index (χ1n) is 3.13. The van der Waals surface area contributed by atoms with Crippen molar-refractivity contribution in [2.24, 2.45) is 0 Å². The number of rotatable bonds is 5. The molecule has 70 valence electrons. The fourth-order valence-corrected chi connectivity index (χ4v) is 1.16. The Labute approximate surface area is 86.2 Å². The Kier molecular flexibility index (Phi) is 6.27. The van der Waals surface area contributed by atoms with E-state index in [1.165, 1.54) is 0 Å². The van der Waals surface area contributed by atoms with Crippen LogP contribution >= 0.6 is 32.2 Å². The molecule has 1 unspecified atom stereocenters. The number of carbonyl (C=O) groups is 1. The molecule has 0 aliphatic rings. The van der Waals surface area contributed by atoms with Crippen molar-refractivity contribution >= 4 is 38.2 Å². The zero-order chi connectivity index (χ0) is 9.56. The van der Waals surface area contributed by atoms with E-state index in [-0.39, 0.29) is 17.8 Å². The largest absolute Gasteiger partial charge is 0.383 e. The van der Waals surface area contributed by atoms with E-state index in [0.29, 0.717) is 6.42 Å². The Morgan fingerprint density at radius 1 is 1.67 bits per heavy atom. The normalized spacial score (nSPS) is 12.2. The van der Waals surface area contributed by atoms with Crippen LogP contribution < -0.4 is 0 Å². The van der Waals surface area contributed by atoms with Crippen LogP contribution in [0.15, 0.2) is 0 Å².